The lowest BCUT2D eigenvalue weighted by Crippen LogP contribution is -1.95. The van der Waals surface area contributed by atoms with Gasteiger partial charge >= 0.3 is 0 Å². The van der Waals surface area contributed by atoms with Gasteiger partial charge < -0.3 is 0 Å². The summed E-state index contributed by atoms with van der Waals surface area (Å²) in [6.45, 7) is 6.59. The molecule has 1 rings (SSSR count). The van der Waals surface area contributed by atoms with Gasteiger partial charge in [0.1, 0.15) is 0 Å². The zero-order chi connectivity index (χ0) is 9.30. The van der Waals surface area contributed by atoms with E-state index in [1.807, 2.05) is 11.3 Å². The second-order valence-electron chi connectivity index (χ2n) is 3.20. The molecule has 1 atom stereocenters. The van der Waals surface area contributed by atoms with Crippen LogP contribution in [0.1, 0.15) is 28.4 Å². The Hall–Kier alpha value is 0.660. The van der Waals surface area contributed by atoms with E-state index in [-0.39, 0.29) is 0 Å². The molecule has 0 saturated carbocycles. The van der Waals surface area contributed by atoms with Crippen molar-refractivity contribution in [2.75, 3.05) is 0 Å². The van der Waals surface area contributed by atoms with Gasteiger partial charge in [-0.15, -0.1) is 11.3 Å². The largest absolute Gasteiger partial charge is 0.143 e. The van der Waals surface area contributed by atoms with E-state index in [0.717, 1.165) is 0 Å². The summed E-state index contributed by atoms with van der Waals surface area (Å²) in [5.41, 5.74) is 0. The average Bonchev–Trinajstić information content (AvgIpc) is 2.30. The SMILES string of the molecule is Cc1sc(C(Br)C(C)C)cc1Br. The Morgan fingerprint density at radius 1 is 1.42 bits per heavy atom. The fourth-order valence-corrected chi connectivity index (χ4v) is 3.07. The molecule has 0 N–H and O–H groups in total. The maximum Gasteiger partial charge on any atom is 0.0512 e. The molecule has 0 spiro atoms. The standard InChI is InChI=1S/C9H12Br2S/c1-5(2)9(11)8-4-7(10)6(3)12-8/h4-5,9H,1-3H3. The number of hydrogen-bond acceptors (Lipinski definition) is 1. The van der Waals surface area contributed by atoms with Crippen molar-refractivity contribution in [3.8, 4) is 0 Å². The van der Waals surface area contributed by atoms with Crippen molar-refractivity contribution in [2.24, 2.45) is 5.92 Å². The second-order valence-corrected chi connectivity index (χ2v) is 6.33. The van der Waals surface area contributed by atoms with E-state index in [1.165, 1.54) is 14.2 Å². The maximum absolute atomic E-state index is 3.69. The van der Waals surface area contributed by atoms with Crippen LogP contribution in [0.2, 0.25) is 0 Å². The van der Waals surface area contributed by atoms with E-state index in [9.17, 15) is 0 Å². The first-order valence-electron chi connectivity index (χ1n) is 3.92. The molecule has 0 fully saturated rings. The number of aryl methyl sites for hydroxylation is 1. The van der Waals surface area contributed by atoms with E-state index in [1.54, 1.807) is 0 Å². The average molecular weight is 312 g/mol. The predicted molar refractivity (Wildman–Crippen MR) is 63.3 cm³/mol. The first-order chi connectivity index (χ1) is 5.52. The highest BCUT2D eigenvalue weighted by molar-refractivity contribution is 9.10. The van der Waals surface area contributed by atoms with Gasteiger partial charge in [0.25, 0.3) is 0 Å². The Labute approximate surface area is 94.6 Å². The Balaban J connectivity index is 2.89. The number of alkyl halides is 1. The summed E-state index contributed by atoms with van der Waals surface area (Å²) < 4.78 is 1.23. The third-order valence-corrected chi connectivity index (χ3v) is 5.81. The van der Waals surface area contributed by atoms with Crippen LogP contribution in [0.5, 0.6) is 0 Å². The number of halogens is 2. The van der Waals surface area contributed by atoms with Crippen molar-refractivity contribution in [2.45, 2.75) is 25.6 Å². The Kier molecular flexibility index (Phi) is 3.80. The summed E-state index contributed by atoms with van der Waals surface area (Å²) in [7, 11) is 0. The number of hydrogen-bond donors (Lipinski definition) is 0. The highest BCUT2D eigenvalue weighted by atomic mass is 79.9. The van der Waals surface area contributed by atoms with Gasteiger partial charge in [0.05, 0.1) is 4.83 Å². The van der Waals surface area contributed by atoms with Crippen LogP contribution in [0.3, 0.4) is 0 Å². The first-order valence-corrected chi connectivity index (χ1v) is 6.44. The van der Waals surface area contributed by atoms with E-state index in [4.69, 9.17) is 0 Å². The molecule has 1 unspecified atom stereocenters. The van der Waals surface area contributed by atoms with Gasteiger partial charge in [-0.05, 0) is 34.8 Å². The summed E-state index contributed by atoms with van der Waals surface area (Å²) in [4.78, 5) is 3.26. The molecule has 1 heterocycles. The molecule has 3 heteroatoms. The van der Waals surface area contributed by atoms with Crippen molar-refractivity contribution in [3.63, 3.8) is 0 Å². The van der Waals surface area contributed by atoms with Gasteiger partial charge in [0, 0.05) is 14.2 Å². The molecule has 0 amide bonds. The molecular weight excluding hydrogens is 300 g/mol. The fourth-order valence-electron chi connectivity index (χ4n) is 0.946. The minimum Gasteiger partial charge on any atom is -0.143 e. The van der Waals surface area contributed by atoms with E-state index < -0.39 is 0 Å². The van der Waals surface area contributed by atoms with Gasteiger partial charge in [0.15, 0.2) is 0 Å². The summed E-state index contributed by atoms with van der Waals surface area (Å²) in [6, 6.07) is 2.21. The number of rotatable bonds is 2. The highest BCUT2D eigenvalue weighted by Crippen LogP contribution is 2.38. The Morgan fingerprint density at radius 2 is 2.00 bits per heavy atom. The molecule has 1 aromatic rings. The summed E-state index contributed by atoms with van der Waals surface area (Å²) in [5.74, 6) is 0.648. The normalized spacial score (nSPS) is 13.8. The lowest BCUT2D eigenvalue weighted by molar-refractivity contribution is 0.648. The summed E-state index contributed by atoms with van der Waals surface area (Å²) in [5, 5.41) is 0. The van der Waals surface area contributed by atoms with Gasteiger partial charge in [-0.3, -0.25) is 0 Å². The zero-order valence-corrected chi connectivity index (χ0v) is 11.4. The molecule has 0 bridgehead atoms. The molecule has 1 aromatic heterocycles. The van der Waals surface area contributed by atoms with Gasteiger partial charge in [-0.2, -0.15) is 0 Å². The van der Waals surface area contributed by atoms with Crippen LogP contribution in [0, 0.1) is 12.8 Å². The van der Waals surface area contributed by atoms with Crippen LogP contribution in [0.25, 0.3) is 0 Å². The quantitative estimate of drug-likeness (QED) is 0.681. The zero-order valence-electron chi connectivity index (χ0n) is 7.40. The Bertz CT molecular complexity index is 246. The van der Waals surface area contributed by atoms with Crippen LogP contribution in [-0.2, 0) is 0 Å². The molecule has 0 aromatic carbocycles. The molecule has 0 aliphatic rings. The van der Waals surface area contributed by atoms with Crippen LogP contribution in [0.15, 0.2) is 10.5 Å². The fraction of sp³-hybridized carbons (Fsp3) is 0.556. The number of thiophene rings is 1. The highest BCUT2D eigenvalue weighted by Gasteiger charge is 2.15. The monoisotopic (exact) mass is 310 g/mol. The van der Waals surface area contributed by atoms with E-state index in [2.05, 4.69) is 58.7 Å². The molecule has 0 nitrogen and oxygen atoms in total. The van der Waals surface area contributed by atoms with Crippen LogP contribution < -0.4 is 0 Å². The molecule has 0 saturated heterocycles. The molecule has 0 aliphatic heterocycles. The molecule has 12 heavy (non-hydrogen) atoms. The lowest BCUT2D eigenvalue weighted by Gasteiger charge is -2.10. The summed E-state index contributed by atoms with van der Waals surface area (Å²) in [6.07, 6.45) is 0. The molecular formula is C9H12Br2S. The van der Waals surface area contributed by atoms with Gasteiger partial charge in [-0.1, -0.05) is 29.8 Å². The summed E-state index contributed by atoms with van der Waals surface area (Å²) >= 11 is 9.07. The first kappa shape index (κ1) is 10.7. The minimum atomic E-state index is 0.493. The third-order valence-electron chi connectivity index (χ3n) is 1.73. The van der Waals surface area contributed by atoms with Crippen molar-refractivity contribution in [1.82, 2.24) is 0 Å². The van der Waals surface area contributed by atoms with Crippen molar-refractivity contribution in [1.29, 1.82) is 0 Å². The van der Waals surface area contributed by atoms with Crippen LogP contribution in [-0.4, -0.2) is 0 Å². The smallest absolute Gasteiger partial charge is 0.0512 e. The Morgan fingerprint density at radius 3 is 2.33 bits per heavy atom. The second kappa shape index (κ2) is 4.25. The van der Waals surface area contributed by atoms with E-state index >= 15 is 0 Å². The van der Waals surface area contributed by atoms with E-state index in [0.29, 0.717) is 10.7 Å². The van der Waals surface area contributed by atoms with Crippen molar-refractivity contribution < 1.29 is 0 Å². The minimum absolute atomic E-state index is 0.493. The topological polar surface area (TPSA) is 0 Å². The predicted octanol–water partition coefficient (Wildman–Crippen LogP) is 4.91. The molecule has 0 aliphatic carbocycles. The lowest BCUT2D eigenvalue weighted by atomic mass is 10.1. The van der Waals surface area contributed by atoms with Crippen molar-refractivity contribution >= 4 is 43.2 Å². The van der Waals surface area contributed by atoms with Gasteiger partial charge in [0.2, 0.25) is 0 Å². The molecule has 0 radical (unpaired) electrons. The van der Waals surface area contributed by atoms with Crippen LogP contribution >= 0.6 is 43.2 Å². The maximum atomic E-state index is 3.69. The van der Waals surface area contributed by atoms with Crippen LogP contribution in [0.4, 0.5) is 0 Å². The third kappa shape index (κ3) is 2.33. The van der Waals surface area contributed by atoms with Crippen molar-refractivity contribution in [3.05, 3.63) is 20.3 Å². The van der Waals surface area contributed by atoms with Gasteiger partial charge in [-0.25, -0.2) is 0 Å². The molecule has 68 valence electrons.